The Labute approximate surface area is 136 Å². The molecule has 23 heavy (non-hydrogen) atoms. The number of nitrogens with one attached hydrogen (secondary N) is 2. The third-order valence-electron chi connectivity index (χ3n) is 2.77. The summed E-state index contributed by atoms with van der Waals surface area (Å²) in [6, 6.07) is 6.32. The molecule has 0 saturated carbocycles. The predicted octanol–water partition coefficient (Wildman–Crippen LogP) is -2.92. The highest BCUT2D eigenvalue weighted by Crippen LogP contribution is 2.12. The summed E-state index contributed by atoms with van der Waals surface area (Å²) < 4.78 is 4.33. The Bertz CT molecular complexity index is 677. The van der Waals surface area contributed by atoms with Crippen molar-refractivity contribution in [2.45, 2.75) is 6.54 Å². The number of carbonyl (C=O) groups excluding carboxylic acids is 1. The highest BCUT2D eigenvalue weighted by molar-refractivity contribution is 5.95. The SMILES string of the molecule is Nc1nonc1C(=O)NCCNCc1cccc([N+](=O)[O-])c1.[Cl-]. The van der Waals surface area contributed by atoms with Crippen molar-refractivity contribution in [3.05, 3.63) is 45.6 Å². The van der Waals surface area contributed by atoms with Crippen molar-refractivity contribution in [1.82, 2.24) is 20.9 Å². The molecule has 0 aliphatic heterocycles. The van der Waals surface area contributed by atoms with Crippen LogP contribution in [-0.4, -0.2) is 34.2 Å². The maximum atomic E-state index is 11.6. The van der Waals surface area contributed by atoms with E-state index in [-0.39, 0.29) is 29.6 Å². The van der Waals surface area contributed by atoms with Crippen molar-refractivity contribution in [3.63, 3.8) is 0 Å². The average Bonchev–Trinajstić information content (AvgIpc) is 2.93. The molecule has 1 heterocycles. The fourth-order valence-electron chi connectivity index (χ4n) is 1.71. The molecular formula is C12H14ClN6O4-. The first kappa shape index (κ1) is 18.3. The van der Waals surface area contributed by atoms with Crippen LogP contribution in [0, 0.1) is 10.1 Å². The Morgan fingerprint density at radius 2 is 2.13 bits per heavy atom. The van der Waals surface area contributed by atoms with Crippen molar-refractivity contribution in [2.24, 2.45) is 0 Å². The zero-order valence-corrected chi connectivity index (χ0v) is 12.6. The van der Waals surface area contributed by atoms with E-state index < -0.39 is 10.8 Å². The number of amides is 1. The number of halogens is 1. The molecule has 0 fully saturated rings. The Kier molecular flexibility index (Phi) is 6.90. The normalized spacial score (nSPS) is 9.91. The van der Waals surface area contributed by atoms with Crippen LogP contribution in [0.1, 0.15) is 16.1 Å². The minimum atomic E-state index is -0.476. The van der Waals surface area contributed by atoms with E-state index >= 15 is 0 Å². The predicted molar refractivity (Wildman–Crippen MR) is 75.8 cm³/mol. The lowest BCUT2D eigenvalue weighted by Crippen LogP contribution is -3.00. The highest BCUT2D eigenvalue weighted by atomic mass is 35.5. The van der Waals surface area contributed by atoms with Gasteiger partial charge in [-0.3, -0.25) is 14.9 Å². The molecule has 10 nitrogen and oxygen atoms in total. The van der Waals surface area contributed by atoms with Gasteiger partial charge in [-0.1, -0.05) is 12.1 Å². The number of nitrogens with two attached hydrogens (primary N) is 1. The number of nitrogens with zero attached hydrogens (tertiary/aromatic N) is 3. The van der Waals surface area contributed by atoms with Gasteiger partial charge in [0, 0.05) is 31.8 Å². The monoisotopic (exact) mass is 341 g/mol. The standard InChI is InChI=1S/C12H14N6O4.ClH/c13-11-10(16-22-17-11)12(19)15-5-4-14-7-8-2-1-3-9(6-8)18(20)21;/h1-3,6,14H,4-5,7H2,(H2,13,17)(H,15,19);1H/p-1. The second kappa shape index (κ2) is 8.66. The molecule has 0 aliphatic carbocycles. The van der Waals surface area contributed by atoms with Crippen molar-refractivity contribution >= 4 is 17.4 Å². The van der Waals surface area contributed by atoms with E-state index in [1.807, 2.05) is 0 Å². The van der Waals surface area contributed by atoms with Crippen LogP contribution < -0.4 is 28.8 Å². The second-order valence-corrected chi connectivity index (χ2v) is 4.36. The van der Waals surface area contributed by atoms with Gasteiger partial charge < -0.3 is 28.8 Å². The topological polar surface area (TPSA) is 149 Å². The molecule has 0 unspecified atom stereocenters. The van der Waals surface area contributed by atoms with E-state index in [0.717, 1.165) is 5.56 Å². The Morgan fingerprint density at radius 3 is 2.78 bits per heavy atom. The molecule has 1 amide bonds. The van der Waals surface area contributed by atoms with Gasteiger partial charge in [-0.25, -0.2) is 4.63 Å². The third-order valence-corrected chi connectivity index (χ3v) is 2.77. The van der Waals surface area contributed by atoms with Crippen LogP contribution in [0.4, 0.5) is 11.5 Å². The number of nitro benzene ring substituents is 1. The second-order valence-electron chi connectivity index (χ2n) is 4.36. The van der Waals surface area contributed by atoms with Gasteiger partial charge in [0.05, 0.1) is 4.92 Å². The summed E-state index contributed by atoms with van der Waals surface area (Å²) in [5.74, 6) is -0.544. The van der Waals surface area contributed by atoms with Crippen molar-refractivity contribution < 1.29 is 26.8 Å². The van der Waals surface area contributed by atoms with E-state index in [1.54, 1.807) is 12.1 Å². The van der Waals surface area contributed by atoms with Crippen molar-refractivity contribution in [2.75, 3.05) is 18.8 Å². The molecule has 0 bridgehead atoms. The number of non-ortho nitro benzene ring substituents is 1. The lowest BCUT2D eigenvalue weighted by Gasteiger charge is -2.06. The van der Waals surface area contributed by atoms with Crippen LogP contribution in [0.2, 0.25) is 0 Å². The van der Waals surface area contributed by atoms with Gasteiger partial charge in [0.25, 0.3) is 11.6 Å². The summed E-state index contributed by atoms with van der Waals surface area (Å²) in [7, 11) is 0. The zero-order valence-electron chi connectivity index (χ0n) is 11.9. The molecule has 124 valence electrons. The summed E-state index contributed by atoms with van der Waals surface area (Å²) in [6.45, 7) is 1.25. The number of carbonyl (C=O) groups is 1. The van der Waals surface area contributed by atoms with Gasteiger partial charge in [0.1, 0.15) is 0 Å². The molecule has 2 aromatic rings. The smallest absolute Gasteiger partial charge is 0.277 e. The quantitative estimate of drug-likeness (QED) is 0.275. The molecule has 0 atom stereocenters. The van der Waals surface area contributed by atoms with Gasteiger partial charge in [-0.2, -0.15) is 0 Å². The van der Waals surface area contributed by atoms with Crippen LogP contribution in [-0.2, 0) is 6.54 Å². The van der Waals surface area contributed by atoms with Crippen LogP contribution in [0.15, 0.2) is 28.9 Å². The summed E-state index contributed by atoms with van der Waals surface area (Å²) in [5, 5.41) is 23.0. The molecule has 0 saturated heterocycles. The molecular weight excluding hydrogens is 328 g/mol. The molecule has 0 spiro atoms. The zero-order chi connectivity index (χ0) is 15.9. The highest BCUT2D eigenvalue weighted by Gasteiger charge is 2.14. The summed E-state index contributed by atoms with van der Waals surface area (Å²) in [5.41, 5.74) is 6.16. The van der Waals surface area contributed by atoms with Gasteiger partial charge in [0.15, 0.2) is 0 Å². The first-order valence-corrected chi connectivity index (χ1v) is 6.38. The Balaban J connectivity index is 0.00000264. The fourth-order valence-corrected chi connectivity index (χ4v) is 1.71. The number of hydrogen-bond donors (Lipinski definition) is 3. The van der Waals surface area contributed by atoms with E-state index in [2.05, 4.69) is 25.6 Å². The minimum absolute atomic E-state index is 0. The first-order chi connectivity index (χ1) is 10.6. The molecule has 0 aliphatic rings. The Hall–Kier alpha value is -2.72. The van der Waals surface area contributed by atoms with E-state index in [0.29, 0.717) is 19.6 Å². The van der Waals surface area contributed by atoms with Crippen LogP contribution in [0.5, 0.6) is 0 Å². The summed E-state index contributed by atoms with van der Waals surface area (Å²) in [6.07, 6.45) is 0. The molecule has 4 N–H and O–H groups in total. The molecule has 1 aromatic carbocycles. The number of aromatic nitrogens is 2. The van der Waals surface area contributed by atoms with Gasteiger partial charge in [-0.15, -0.1) is 0 Å². The Morgan fingerprint density at radius 1 is 1.35 bits per heavy atom. The number of nitrogen functional groups attached to an aromatic ring is 1. The lowest BCUT2D eigenvalue weighted by atomic mass is 10.2. The largest absolute Gasteiger partial charge is 1.00 e. The number of rotatable bonds is 7. The molecule has 1 aromatic heterocycles. The maximum Gasteiger partial charge on any atom is 0.277 e. The molecule has 0 radical (unpaired) electrons. The minimum Gasteiger partial charge on any atom is -1.00 e. The third kappa shape index (κ3) is 5.20. The van der Waals surface area contributed by atoms with Crippen LogP contribution >= 0.6 is 0 Å². The fraction of sp³-hybridized carbons (Fsp3) is 0.250. The first-order valence-electron chi connectivity index (χ1n) is 6.38. The van der Waals surface area contributed by atoms with Crippen molar-refractivity contribution in [1.29, 1.82) is 0 Å². The summed E-state index contributed by atoms with van der Waals surface area (Å²) in [4.78, 5) is 21.8. The van der Waals surface area contributed by atoms with E-state index in [1.165, 1.54) is 12.1 Å². The molecule has 11 heteroatoms. The number of nitro groups is 1. The van der Waals surface area contributed by atoms with Gasteiger partial charge in [0.2, 0.25) is 11.5 Å². The van der Waals surface area contributed by atoms with Gasteiger partial charge >= 0.3 is 0 Å². The number of benzene rings is 1. The maximum absolute atomic E-state index is 11.6. The van der Waals surface area contributed by atoms with Crippen LogP contribution in [0.25, 0.3) is 0 Å². The molecule has 2 rings (SSSR count). The van der Waals surface area contributed by atoms with E-state index in [9.17, 15) is 14.9 Å². The number of anilines is 1. The summed E-state index contributed by atoms with van der Waals surface area (Å²) >= 11 is 0. The van der Waals surface area contributed by atoms with Crippen molar-refractivity contribution in [3.8, 4) is 0 Å². The average molecular weight is 342 g/mol. The van der Waals surface area contributed by atoms with Gasteiger partial charge in [-0.05, 0) is 15.9 Å². The lowest BCUT2D eigenvalue weighted by molar-refractivity contribution is -0.384. The van der Waals surface area contributed by atoms with Crippen LogP contribution in [0.3, 0.4) is 0 Å². The number of hydrogen-bond acceptors (Lipinski definition) is 8. The van der Waals surface area contributed by atoms with E-state index in [4.69, 9.17) is 5.73 Å².